The molecule has 26 heavy (non-hydrogen) atoms. The van der Waals surface area contributed by atoms with Crippen molar-refractivity contribution in [2.24, 2.45) is 0 Å². The van der Waals surface area contributed by atoms with Crippen LogP contribution >= 0.6 is 11.8 Å². The van der Waals surface area contributed by atoms with Crippen LogP contribution in [0.4, 0.5) is 0 Å². The molecule has 134 valence electrons. The number of methoxy groups -OCH3 is 1. The summed E-state index contributed by atoms with van der Waals surface area (Å²) in [5.74, 6) is 1.45. The van der Waals surface area contributed by atoms with Gasteiger partial charge in [-0.05, 0) is 26.0 Å². The van der Waals surface area contributed by atoms with Crippen molar-refractivity contribution in [1.82, 2.24) is 14.5 Å². The zero-order valence-corrected chi connectivity index (χ0v) is 16.0. The Morgan fingerprint density at radius 3 is 2.81 bits per heavy atom. The Bertz CT molecular complexity index is 1030. The molecule has 0 radical (unpaired) electrons. The third kappa shape index (κ3) is 3.37. The molecule has 0 fully saturated rings. The van der Waals surface area contributed by atoms with Gasteiger partial charge in [0.15, 0.2) is 5.16 Å². The third-order valence-electron chi connectivity index (χ3n) is 4.23. The van der Waals surface area contributed by atoms with E-state index in [-0.39, 0.29) is 5.56 Å². The summed E-state index contributed by atoms with van der Waals surface area (Å²) in [6, 6.07) is 7.40. The first-order chi connectivity index (χ1) is 12.6. The average Bonchev–Trinajstić information content (AvgIpc) is 2.64. The Morgan fingerprint density at radius 2 is 2.08 bits per heavy atom. The highest BCUT2D eigenvalue weighted by Crippen LogP contribution is 2.28. The molecular formula is C20H21N3O2S. The van der Waals surface area contributed by atoms with E-state index < -0.39 is 0 Å². The van der Waals surface area contributed by atoms with Crippen LogP contribution < -0.4 is 10.3 Å². The van der Waals surface area contributed by atoms with Crippen molar-refractivity contribution in [2.45, 2.75) is 31.3 Å². The first kappa shape index (κ1) is 18.2. The van der Waals surface area contributed by atoms with Crippen molar-refractivity contribution >= 4 is 22.7 Å². The Labute approximate surface area is 156 Å². The molecule has 0 spiro atoms. The van der Waals surface area contributed by atoms with Crippen LogP contribution in [0.3, 0.4) is 0 Å². The lowest BCUT2D eigenvalue weighted by molar-refractivity contribution is 0.407. The van der Waals surface area contributed by atoms with Crippen molar-refractivity contribution in [2.75, 3.05) is 7.11 Å². The van der Waals surface area contributed by atoms with Gasteiger partial charge in [0.2, 0.25) is 0 Å². The maximum Gasteiger partial charge on any atom is 0.262 e. The van der Waals surface area contributed by atoms with Gasteiger partial charge in [0.05, 0.1) is 23.7 Å². The summed E-state index contributed by atoms with van der Waals surface area (Å²) >= 11 is 1.49. The fraction of sp³-hybridized carbons (Fsp3) is 0.250. The monoisotopic (exact) mass is 367 g/mol. The van der Waals surface area contributed by atoms with Crippen molar-refractivity contribution in [3.63, 3.8) is 0 Å². The van der Waals surface area contributed by atoms with Gasteiger partial charge < -0.3 is 4.74 Å². The summed E-state index contributed by atoms with van der Waals surface area (Å²) in [5, 5.41) is 1.28. The smallest absolute Gasteiger partial charge is 0.262 e. The number of para-hydroxylation sites is 1. The number of ether oxygens (including phenoxy) is 1. The van der Waals surface area contributed by atoms with Crippen LogP contribution in [0.25, 0.3) is 10.9 Å². The topological polar surface area (TPSA) is 57.0 Å². The molecule has 0 unspecified atom stereocenters. The number of aromatic nitrogens is 3. The molecule has 0 saturated carbocycles. The van der Waals surface area contributed by atoms with Gasteiger partial charge in [0.25, 0.3) is 5.56 Å². The van der Waals surface area contributed by atoms with Gasteiger partial charge in [-0.2, -0.15) is 0 Å². The van der Waals surface area contributed by atoms with E-state index in [2.05, 4.69) is 16.5 Å². The molecule has 3 aromatic rings. The fourth-order valence-corrected chi connectivity index (χ4v) is 3.93. The number of pyridine rings is 1. The minimum Gasteiger partial charge on any atom is -0.496 e. The predicted octanol–water partition coefficient (Wildman–Crippen LogP) is 3.90. The number of fused-ring (bicyclic) bond motifs is 1. The first-order valence-corrected chi connectivity index (χ1v) is 9.27. The Kier molecular flexibility index (Phi) is 5.42. The number of thioether (sulfide) groups is 1. The van der Waals surface area contributed by atoms with Crippen LogP contribution in [0.1, 0.15) is 16.8 Å². The van der Waals surface area contributed by atoms with E-state index in [1.807, 2.05) is 38.2 Å². The van der Waals surface area contributed by atoms with Gasteiger partial charge in [-0.25, -0.2) is 4.98 Å². The summed E-state index contributed by atoms with van der Waals surface area (Å²) in [6.07, 6.45) is 3.52. The highest BCUT2D eigenvalue weighted by Gasteiger charge is 2.14. The average molecular weight is 367 g/mol. The largest absolute Gasteiger partial charge is 0.496 e. The van der Waals surface area contributed by atoms with Crippen LogP contribution in [0.15, 0.2) is 53.1 Å². The van der Waals surface area contributed by atoms with Crippen LogP contribution in [0, 0.1) is 13.8 Å². The normalized spacial score (nSPS) is 10.9. The van der Waals surface area contributed by atoms with E-state index in [0.717, 1.165) is 22.6 Å². The summed E-state index contributed by atoms with van der Waals surface area (Å²) in [6.45, 7) is 8.15. The van der Waals surface area contributed by atoms with E-state index in [9.17, 15) is 4.79 Å². The molecule has 1 aromatic carbocycles. The minimum atomic E-state index is -0.0517. The minimum absolute atomic E-state index is 0.0517. The van der Waals surface area contributed by atoms with Crippen molar-refractivity contribution in [3.8, 4) is 5.75 Å². The summed E-state index contributed by atoms with van der Waals surface area (Å²) in [4.78, 5) is 22.0. The molecule has 0 aliphatic rings. The third-order valence-corrected chi connectivity index (χ3v) is 5.21. The second-order valence-corrected chi connectivity index (χ2v) is 6.89. The first-order valence-electron chi connectivity index (χ1n) is 8.29. The number of allylic oxidation sites excluding steroid dienone is 1. The van der Waals surface area contributed by atoms with Crippen molar-refractivity contribution in [1.29, 1.82) is 0 Å². The lowest BCUT2D eigenvalue weighted by Crippen LogP contribution is -2.22. The van der Waals surface area contributed by atoms with Gasteiger partial charge in [-0.1, -0.05) is 30.0 Å². The molecule has 6 heteroatoms. The van der Waals surface area contributed by atoms with Gasteiger partial charge in [0, 0.05) is 29.6 Å². The number of benzene rings is 1. The number of hydrogen-bond acceptors (Lipinski definition) is 5. The Balaban J connectivity index is 2.00. The lowest BCUT2D eigenvalue weighted by Gasteiger charge is -2.14. The standard InChI is InChI=1S/C20H21N3O2S/c1-5-10-23-19(24)15-8-6-7-9-16(15)22-20(23)26-12-17-14(3)18(25-4)13(2)11-21-17/h5-9,11H,1,10,12H2,2-4H3. The highest BCUT2D eigenvalue weighted by molar-refractivity contribution is 7.98. The maximum absolute atomic E-state index is 12.8. The fourth-order valence-electron chi connectivity index (χ4n) is 2.90. The molecule has 0 N–H and O–H groups in total. The molecule has 0 bridgehead atoms. The molecule has 0 aliphatic carbocycles. The van der Waals surface area contributed by atoms with Crippen molar-refractivity contribution in [3.05, 3.63) is 70.3 Å². The SMILES string of the molecule is C=CCn1c(SCc2ncc(C)c(OC)c2C)nc2ccccc2c1=O. The van der Waals surface area contributed by atoms with Crippen molar-refractivity contribution < 1.29 is 4.74 Å². The zero-order valence-electron chi connectivity index (χ0n) is 15.2. The molecule has 0 amide bonds. The lowest BCUT2D eigenvalue weighted by atomic mass is 10.1. The quantitative estimate of drug-likeness (QED) is 0.376. The van der Waals surface area contributed by atoms with Gasteiger partial charge in [0.1, 0.15) is 5.75 Å². The van der Waals surface area contributed by atoms with E-state index >= 15 is 0 Å². The molecular weight excluding hydrogens is 346 g/mol. The molecule has 0 saturated heterocycles. The van der Waals surface area contributed by atoms with Gasteiger partial charge in [-0.3, -0.25) is 14.3 Å². The van der Waals surface area contributed by atoms with E-state index in [4.69, 9.17) is 4.74 Å². The van der Waals surface area contributed by atoms with E-state index in [1.165, 1.54) is 11.8 Å². The van der Waals surface area contributed by atoms with E-state index in [1.54, 1.807) is 23.8 Å². The van der Waals surface area contributed by atoms with E-state index in [0.29, 0.717) is 28.4 Å². The molecule has 2 heterocycles. The molecule has 0 atom stereocenters. The van der Waals surface area contributed by atoms with Crippen LogP contribution in [0.5, 0.6) is 5.75 Å². The number of hydrogen-bond donors (Lipinski definition) is 0. The predicted molar refractivity (Wildman–Crippen MR) is 106 cm³/mol. The second-order valence-electron chi connectivity index (χ2n) is 5.95. The molecule has 3 rings (SSSR count). The Morgan fingerprint density at radius 1 is 1.31 bits per heavy atom. The van der Waals surface area contributed by atoms with Crippen LogP contribution in [0.2, 0.25) is 0 Å². The second kappa shape index (κ2) is 7.74. The number of rotatable bonds is 6. The number of aryl methyl sites for hydroxylation is 1. The summed E-state index contributed by atoms with van der Waals surface area (Å²) in [7, 11) is 1.67. The molecule has 5 nitrogen and oxygen atoms in total. The number of nitrogens with zero attached hydrogens (tertiary/aromatic N) is 3. The van der Waals surface area contributed by atoms with Gasteiger partial charge in [-0.15, -0.1) is 6.58 Å². The maximum atomic E-state index is 12.8. The highest BCUT2D eigenvalue weighted by atomic mass is 32.2. The van der Waals surface area contributed by atoms with Crippen LogP contribution in [-0.2, 0) is 12.3 Å². The molecule has 0 aliphatic heterocycles. The summed E-state index contributed by atoms with van der Waals surface area (Å²) < 4.78 is 7.13. The van der Waals surface area contributed by atoms with Crippen LogP contribution in [-0.4, -0.2) is 21.6 Å². The zero-order chi connectivity index (χ0) is 18.7. The molecule has 2 aromatic heterocycles. The summed E-state index contributed by atoms with van der Waals surface area (Å²) in [5.41, 5.74) is 3.59. The van der Waals surface area contributed by atoms with Gasteiger partial charge >= 0.3 is 0 Å². The Hall–Kier alpha value is -2.60.